The van der Waals surface area contributed by atoms with Crippen molar-refractivity contribution in [2.75, 3.05) is 0 Å². The molecule has 10 aromatic rings. The lowest BCUT2D eigenvalue weighted by atomic mass is 10.0. The van der Waals surface area contributed by atoms with Gasteiger partial charge in [-0.05, 0) is 66.7 Å². The summed E-state index contributed by atoms with van der Waals surface area (Å²) in [6.45, 7) is 0. The molecule has 200 valence electrons. The highest BCUT2D eigenvalue weighted by molar-refractivity contribution is 6.31. The van der Waals surface area contributed by atoms with Gasteiger partial charge in [-0.15, -0.1) is 0 Å². The molecule has 0 saturated heterocycles. The maximum atomic E-state index is 4.83. The molecular formula is C38H23N5. The second kappa shape index (κ2) is 8.30. The number of imidazole rings is 1. The Kier molecular flexibility index (Phi) is 4.39. The Bertz CT molecular complexity index is 2710. The Hall–Kier alpha value is -5.94. The van der Waals surface area contributed by atoms with Crippen LogP contribution in [0.15, 0.2) is 140 Å². The normalized spacial score (nSPS) is 12.2. The van der Waals surface area contributed by atoms with Gasteiger partial charge < -0.3 is 9.13 Å². The fourth-order valence-corrected chi connectivity index (χ4v) is 7.20. The molecule has 0 fully saturated rings. The van der Waals surface area contributed by atoms with Crippen LogP contribution in [0.1, 0.15) is 0 Å². The van der Waals surface area contributed by atoms with Crippen molar-refractivity contribution in [2.45, 2.75) is 0 Å². The molecule has 5 nitrogen and oxygen atoms in total. The summed E-state index contributed by atoms with van der Waals surface area (Å²) in [5, 5.41) is 8.31. The smallest absolute Gasteiger partial charge is 0.146 e. The van der Waals surface area contributed by atoms with Crippen molar-refractivity contribution in [1.82, 2.24) is 23.5 Å². The van der Waals surface area contributed by atoms with Crippen LogP contribution in [0.4, 0.5) is 0 Å². The van der Waals surface area contributed by atoms with E-state index in [1.54, 1.807) is 0 Å². The zero-order valence-electron chi connectivity index (χ0n) is 23.0. The number of pyridine rings is 2. The number of fused-ring (bicyclic) bond motifs is 13. The van der Waals surface area contributed by atoms with Crippen molar-refractivity contribution in [2.24, 2.45) is 0 Å². The topological polar surface area (TPSA) is 40.1 Å². The van der Waals surface area contributed by atoms with Crippen molar-refractivity contribution in [3.05, 3.63) is 140 Å². The summed E-state index contributed by atoms with van der Waals surface area (Å²) >= 11 is 0. The summed E-state index contributed by atoms with van der Waals surface area (Å²) in [7, 11) is 0. The van der Waals surface area contributed by atoms with Crippen molar-refractivity contribution < 1.29 is 0 Å². The van der Waals surface area contributed by atoms with Gasteiger partial charge in [0.2, 0.25) is 0 Å². The number of aromatic nitrogens is 5. The highest BCUT2D eigenvalue weighted by atomic mass is 15.0. The second-order valence-electron chi connectivity index (χ2n) is 11.1. The minimum atomic E-state index is 0.912. The average Bonchev–Trinajstić information content (AvgIpc) is 3.77. The number of benzene rings is 5. The van der Waals surface area contributed by atoms with Gasteiger partial charge in [-0.1, -0.05) is 54.6 Å². The average molecular weight is 550 g/mol. The first-order valence-corrected chi connectivity index (χ1v) is 14.5. The molecule has 5 aromatic heterocycles. The predicted molar refractivity (Wildman–Crippen MR) is 177 cm³/mol. The van der Waals surface area contributed by atoms with Crippen LogP contribution in [0.2, 0.25) is 0 Å². The maximum Gasteiger partial charge on any atom is 0.146 e. The van der Waals surface area contributed by atoms with Gasteiger partial charge in [0.25, 0.3) is 0 Å². The molecule has 0 aliphatic rings. The van der Waals surface area contributed by atoms with Gasteiger partial charge in [0.05, 0.1) is 22.1 Å². The van der Waals surface area contributed by atoms with Gasteiger partial charge in [0, 0.05) is 67.7 Å². The van der Waals surface area contributed by atoms with E-state index in [1.807, 2.05) is 24.7 Å². The van der Waals surface area contributed by atoms with E-state index in [1.165, 1.54) is 43.5 Å². The van der Waals surface area contributed by atoms with Crippen LogP contribution in [-0.4, -0.2) is 23.5 Å². The summed E-state index contributed by atoms with van der Waals surface area (Å²) in [5.41, 5.74) is 8.85. The van der Waals surface area contributed by atoms with Gasteiger partial charge in [-0.3, -0.25) is 4.40 Å². The van der Waals surface area contributed by atoms with Gasteiger partial charge in [0.1, 0.15) is 11.3 Å². The van der Waals surface area contributed by atoms with E-state index in [4.69, 9.17) is 9.97 Å². The Morgan fingerprint density at radius 1 is 0.395 bits per heavy atom. The molecule has 10 rings (SSSR count). The van der Waals surface area contributed by atoms with Crippen LogP contribution < -0.4 is 0 Å². The van der Waals surface area contributed by atoms with E-state index in [9.17, 15) is 0 Å². The van der Waals surface area contributed by atoms with Crippen LogP contribution in [0, 0.1) is 0 Å². The van der Waals surface area contributed by atoms with Crippen molar-refractivity contribution in [3.8, 4) is 11.4 Å². The van der Waals surface area contributed by atoms with Crippen molar-refractivity contribution >= 4 is 71.1 Å². The lowest BCUT2D eigenvalue weighted by Gasteiger charge is -2.10. The highest BCUT2D eigenvalue weighted by Crippen LogP contribution is 2.43. The van der Waals surface area contributed by atoms with E-state index in [0.717, 1.165) is 39.0 Å². The summed E-state index contributed by atoms with van der Waals surface area (Å²) in [6.07, 6.45) is 5.73. The van der Waals surface area contributed by atoms with E-state index in [2.05, 4.69) is 129 Å². The molecule has 5 heteroatoms. The number of para-hydroxylation sites is 3. The Morgan fingerprint density at radius 2 is 1.00 bits per heavy atom. The molecule has 0 atom stereocenters. The molecule has 5 aromatic carbocycles. The molecule has 0 unspecified atom stereocenters. The maximum absolute atomic E-state index is 4.83. The number of nitrogens with zero attached hydrogens (tertiary/aromatic N) is 5. The van der Waals surface area contributed by atoms with Gasteiger partial charge in [-0.25, -0.2) is 9.97 Å². The SMILES string of the molecule is c1ccc(-n2c3ccccc3c3cc4c(cc32)c2c3c5cccnc5n5ccnc5c3ccc2n4-c2ccccc2)cc1. The first-order valence-electron chi connectivity index (χ1n) is 14.5. The molecule has 5 heterocycles. The van der Waals surface area contributed by atoms with Crippen LogP contribution in [0.5, 0.6) is 0 Å². The number of rotatable bonds is 2. The lowest BCUT2D eigenvalue weighted by molar-refractivity contribution is 1.17. The standard InChI is InChI=1S/C38H23N5/c1-3-10-24(11-4-1)42-31-16-8-7-14-26(31)29-22-34-30(23-33(29)42)36-32(43(34)25-12-5-2-6-13-25)18-17-28-35(36)27-15-9-19-39-37(27)41-21-20-40-38(28)41/h1-23H. The number of hydrogen-bond donors (Lipinski definition) is 0. The quantitative estimate of drug-likeness (QED) is 0.202. The molecule has 43 heavy (non-hydrogen) atoms. The fraction of sp³-hybridized carbons (Fsp3) is 0. The summed E-state index contributed by atoms with van der Waals surface area (Å²) in [5.74, 6) is 0. The van der Waals surface area contributed by atoms with Gasteiger partial charge >= 0.3 is 0 Å². The first-order chi connectivity index (χ1) is 21.4. The third-order valence-corrected chi connectivity index (χ3v) is 8.92. The minimum Gasteiger partial charge on any atom is -0.309 e. The zero-order chi connectivity index (χ0) is 28.1. The lowest BCUT2D eigenvalue weighted by Crippen LogP contribution is -1.95. The molecule has 0 N–H and O–H groups in total. The third-order valence-electron chi connectivity index (χ3n) is 8.92. The van der Waals surface area contributed by atoms with Crippen molar-refractivity contribution in [1.29, 1.82) is 0 Å². The van der Waals surface area contributed by atoms with E-state index >= 15 is 0 Å². The molecular weight excluding hydrogens is 526 g/mol. The minimum absolute atomic E-state index is 0.912. The molecule has 0 aliphatic heterocycles. The Balaban J connectivity index is 1.50. The molecule has 0 amide bonds. The van der Waals surface area contributed by atoms with Crippen LogP contribution >= 0.6 is 0 Å². The summed E-state index contributed by atoms with van der Waals surface area (Å²) in [4.78, 5) is 9.62. The Labute approximate surface area is 245 Å². The summed E-state index contributed by atoms with van der Waals surface area (Å²) in [6, 6.07) is 43.6. The van der Waals surface area contributed by atoms with Gasteiger partial charge in [-0.2, -0.15) is 0 Å². The molecule has 0 radical (unpaired) electrons. The largest absolute Gasteiger partial charge is 0.309 e. The fourth-order valence-electron chi connectivity index (χ4n) is 7.20. The van der Waals surface area contributed by atoms with Crippen molar-refractivity contribution in [3.63, 3.8) is 0 Å². The summed E-state index contributed by atoms with van der Waals surface area (Å²) < 4.78 is 6.91. The van der Waals surface area contributed by atoms with E-state index in [0.29, 0.717) is 0 Å². The number of hydrogen-bond acceptors (Lipinski definition) is 2. The predicted octanol–water partition coefficient (Wildman–Crippen LogP) is 9.23. The third kappa shape index (κ3) is 2.95. The zero-order valence-corrected chi connectivity index (χ0v) is 23.0. The van der Waals surface area contributed by atoms with E-state index < -0.39 is 0 Å². The molecule has 0 aliphatic carbocycles. The second-order valence-corrected chi connectivity index (χ2v) is 11.1. The van der Waals surface area contributed by atoms with Crippen LogP contribution in [0.25, 0.3) is 82.4 Å². The first kappa shape index (κ1) is 22.7. The van der Waals surface area contributed by atoms with Crippen LogP contribution in [-0.2, 0) is 0 Å². The van der Waals surface area contributed by atoms with Gasteiger partial charge in [0.15, 0.2) is 0 Å². The van der Waals surface area contributed by atoms with E-state index in [-0.39, 0.29) is 0 Å². The molecule has 0 bridgehead atoms. The van der Waals surface area contributed by atoms with Crippen LogP contribution in [0.3, 0.4) is 0 Å². The Morgan fingerprint density at radius 3 is 1.79 bits per heavy atom. The molecule has 0 spiro atoms. The highest BCUT2D eigenvalue weighted by Gasteiger charge is 2.22. The molecule has 0 saturated carbocycles. The monoisotopic (exact) mass is 549 g/mol.